The van der Waals surface area contributed by atoms with Crippen molar-refractivity contribution in [1.29, 1.82) is 0 Å². The Balaban J connectivity index is 1.88. The summed E-state index contributed by atoms with van der Waals surface area (Å²) in [6, 6.07) is 5.87. The summed E-state index contributed by atoms with van der Waals surface area (Å²) in [5.41, 5.74) is 0.888. The van der Waals surface area contributed by atoms with Gasteiger partial charge in [0.2, 0.25) is 5.91 Å². The van der Waals surface area contributed by atoms with Gasteiger partial charge in [-0.3, -0.25) is 4.79 Å². The fourth-order valence-corrected chi connectivity index (χ4v) is 4.12. The summed E-state index contributed by atoms with van der Waals surface area (Å²) < 4.78 is 12.2. The Labute approximate surface area is 204 Å². The molecule has 0 saturated carbocycles. The number of amidine groups is 1. The van der Waals surface area contributed by atoms with Crippen molar-refractivity contribution < 1.29 is 14.3 Å². The van der Waals surface area contributed by atoms with Crippen LogP contribution in [0.25, 0.3) is 0 Å². The zero-order valence-corrected chi connectivity index (χ0v) is 21.3. The van der Waals surface area contributed by atoms with Crippen molar-refractivity contribution in [2.75, 3.05) is 19.0 Å². The molecule has 1 N–H and O–H groups in total. The molecule has 0 radical (unpaired) electrons. The number of nitrogens with one attached hydrogen (secondary N) is 1. The largest absolute Gasteiger partial charge is 0.490 e. The molecule has 1 amide bonds. The average molecular weight is 476 g/mol. The standard InChI is InChI=1S/C26H41N3O3S/c1-3-5-7-9-11-13-17-31-23-16-15-22(20-27-29-26-28-25(30)21-33-26)19-24(23)32-18-14-12-10-8-6-4-2/h15-16,19-20H,3-14,17-18,21H2,1-2H3,(H,28,29,30). The number of carbonyl (C=O) groups excluding carboxylic acids is 1. The van der Waals surface area contributed by atoms with E-state index in [2.05, 4.69) is 29.4 Å². The molecule has 6 nitrogen and oxygen atoms in total. The minimum atomic E-state index is -0.0359. The number of unbranched alkanes of at least 4 members (excludes halogenated alkanes) is 10. The number of ether oxygens (including phenoxy) is 2. The van der Waals surface area contributed by atoms with Crippen LogP contribution in [0.1, 0.15) is 96.5 Å². The van der Waals surface area contributed by atoms with Gasteiger partial charge >= 0.3 is 0 Å². The molecule has 1 fully saturated rings. The number of hydrogen-bond donors (Lipinski definition) is 1. The van der Waals surface area contributed by atoms with Crippen LogP contribution in [0.15, 0.2) is 28.4 Å². The first-order valence-corrected chi connectivity index (χ1v) is 13.6. The number of hydrogen-bond acceptors (Lipinski definition) is 6. The van der Waals surface area contributed by atoms with Gasteiger partial charge in [0.25, 0.3) is 0 Å². The zero-order chi connectivity index (χ0) is 23.6. The van der Waals surface area contributed by atoms with Gasteiger partial charge in [0.15, 0.2) is 16.7 Å². The second-order valence-corrected chi connectivity index (χ2v) is 9.39. The smallest absolute Gasteiger partial charge is 0.236 e. The highest BCUT2D eigenvalue weighted by Gasteiger charge is 2.16. The van der Waals surface area contributed by atoms with Crippen LogP contribution < -0.4 is 14.8 Å². The van der Waals surface area contributed by atoms with E-state index in [1.165, 1.54) is 76.0 Å². The molecule has 0 aliphatic carbocycles. The van der Waals surface area contributed by atoms with E-state index in [9.17, 15) is 4.79 Å². The zero-order valence-electron chi connectivity index (χ0n) is 20.4. The third-order valence-corrected chi connectivity index (χ3v) is 6.28. The van der Waals surface area contributed by atoms with Crippen LogP contribution in [0.2, 0.25) is 0 Å². The van der Waals surface area contributed by atoms with Crippen molar-refractivity contribution >= 4 is 29.1 Å². The van der Waals surface area contributed by atoms with Gasteiger partial charge in [-0.1, -0.05) is 89.8 Å². The predicted molar refractivity (Wildman–Crippen MR) is 140 cm³/mol. The molecule has 1 aliphatic rings. The Bertz CT molecular complexity index is 752. The van der Waals surface area contributed by atoms with E-state index in [1.54, 1.807) is 6.21 Å². The van der Waals surface area contributed by atoms with Gasteiger partial charge in [-0.25, -0.2) is 0 Å². The van der Waals surface area contributed by atoms with Crippen molar-refractivity contribution in [3.63, 3.8) is 0 Å². The van der Waals surface area contributed by atoms with Crippen molar-refractivity contribution in [3.8, 4) is 11.5 Å². The van der Waals surface area contributed by atoms with E-state index in [-0.39, 0.29) is 5.91 Å². The SMILES string of the molecule is CCCCCCCCOc1ccc(C=NN=C2NC(=O)CS2)cc1OCCCCCCCC. The molecule has 0 spiro atoms. The number of rotatable bonds is 18. The molecule has 0 atom stereocenters. The van der Waals surface area contributed by atoms with Crippen LogP contribution in [0.4, 0.5) is 0 Å². The molecule has 184 valence electrons. The number of amides is 1. The van der Waals surface area contributed by atoms with Gasteiger partial charge < -0.3 is 14.8 Å². The lowest BCUT2D eigenvalue weighted by Crippen LogP contribution is -2.19. The van der Waals surface area contributed by atoms with Gasteiger partial charge in [-0.05, 0) is 36.6 Å². The van der Waals surface area contributed by atoms with Crippen molar-refractivity contribution in [3.05, 3.63) is 23.8 Å². The molecule has 1 heterocycles. The molecule has 7 heteroatoms. The number of nitrogens with zero attached hydrogens (tertiary/aromatic N) is 2. The molecule has 0 bridgehead atoms. The minimum absolute atomic E-state index is 0.0359. The molecule has 1 saturated heterocycles. The van der Waals surface area contributed by atoms with Crippen molar-refractivity contribution in [2.24, 2.45) is 10.2 Å². The van der Waals surface area contributed by atoms with Crippen LogP contribution >= 0.6 is 11.8 Å². The maximum absolute atomic E-state index is 11.2. The summed E-state index contributed by atoms with van der Waals surface area (Å²) in [6.07, 6.45) is 16.5. The quantitative estimate of drug-likeness (QED) is 0.145. The Kier molecular flexibility index (Phi) is 14.4. The summed E-state index contributed by atoms with van der Waals surface area (Å²) >= 11 is 1.36. The topological polar surface area (TPSA) is 72.3 Å². The first-order chi connectivity index (χ1) is 16.2. The second kappa shape index (κ2) is 17.5. The first kappa shape index (κ1) is 27.2. The summed E-state index contributed by atoms with van der Waals surface area (Å²) in [6.45, 7) is 5.87. The summed E-state index contributed by atoms with van der Waals surface area (Å²) in [7, 11) is 0. The van der Waals surface area contributed by atoms with Crippen LogP contribution in [-0.2, 0) is 4.79 Å². The van der Waals surface area contributed by atoms with Gasteiger partial charge in [0.05, 0.1) is 25.2 Å². The molecule has 0 unspecified atom stereocenters. The molecule has 1 aromatic rings. The van der Waals surface area contributed by atoms with Crippen molar-refractivity contribution in [1.82, 2.24) is 5.32 Å². The predicted octanol–water partition coefficient (Wildman–Crippen LogP) is 6.72. The molecule has 1 aliphatic heterocycles. The Morgan fingerprint density at radius 1 is 0.879 bits per heavy atom. The monoisotopic (exact) mass is 475 g/mol. The number of thioether (sulfide) groups is 1. The van der Waals surface area contributed by atoms with Crippen LogP contribution in [0.5, 0.6) is 11.5 Å². The maximum Gasteiger partial charge on any atom is 0.236 e. The second-order valence-electron chi connectivity index (χ2n) is 8.43. The normalized spacial score (nSPS) is 14.8. The minimum Gasteiger partial charge on any atom is -0.490 e. The van der Waals surface area contributed by atoms with E-state index in [4.69, 9.17) is 9.47 Å². The summed E-state index contributed by atoms with van der Waals surface area (Å²) in [4.78, 5) is 11.2. The number of benzene rings is 1. The lowest BCUT2D eigenvalue weighted by Gasteiger charge is -2.13. The fraction of sp³-hybridized carbons (Fsp3) is 0.654. The summed E-state index contributed by atoms with van der Waals surface area (Å²) in [5.74, 6) is 1.91. The maximum atomic E-state index is 11.2. The highest BCUT2D eigenvalue weighted by atomic mass is 32.2. The lowest BCUT2D eigenvalue weighted by atomic mass is 10.1. The molecular formula is C26H41N3O3S. The highest BCUT2D eigenvalue weighted by Crippen LogP contribution is 2.29. The Hall–Kier alpha value is -2.02. The third kappa shape index (κ3) is 12.1. The third-order valence-electron chi connectivity index (χ3n) is 5.42. The van der Waals surface area contributed by atoms with E-state index >= 15 is 0 Å². The molecule has 1 aromatic carbocycles. The average Bonchev–Trinajstić information content (AvgIpc) is 3.23. The fourth-order valence-electron chi connectivity index (χ4n) is 3.49. The van der Waals surface area contributed by atoms with E-state index in [0.29, 0.717) is 24.1 Å². The highest BCUT2D eigenvalue weighted by molar-refractivity contribution is 8.15. The molecular weight excluding hydrogens is 434 g/mol. The Morgan fingerprint density at radius 3 is 2.09 bits per heavy atom. The molecule has 33 heavy (non-hydrogen) atoms. The van der Waals surface area contributed by atoms with Gasteiger partial charge in [-0.15, -0.1) is 5.10 Å². The molecule has 0 aromatic heterocycles. The molecule has 2 rings (SSSR count). The van der Waals surface area contributed by atoms with E-state index in [0.717, 1.165) is 29.9 Å². The lowest BCUT2D eigenvalue weighted by molar-refractivity contribution is -0.116. The van der Waals surface area contributed by atoms with Gasteiger partial charge in [0.1, 0.15) is 0 Å². The first-order valence-electron chi connectivity index (χ1n) is 12.7. The van der Waals surface area contributed by atoms with E-state index in [1.807, 2.05) is 18.2 Å². The van der Waals surface area contributed by atoms with Crippen molar-refractivity contribution in [2.45, 2.75) is 90.9 Å². The Morgan fingerprint density at radius 2 is 1.48 bits per heavy atom. The summed E-state index contributed by atoms with van der Waals surface area (Å²) in [5, 5.41) is 11.4. The van der Waals surface area contributed by atoms with Crippen LogP contribution in [0.3, 0.4) is 0 Å². The van der Waals surface area contributed by atoms with E-state index < -0.39 is 0 Å². The van der Waals surface area contributed by atoms with Crippen LogP contribution in [-0.4, -0.2) is 36.3 Å². The van der Waals surface area contributed by atoms with Gasteiger partial charge in [0, 0.05) is 0 Å². The van der Waals surface area contributed by atoms with Crippen LogP contribution in [0, 0.1) is 0 Å². The van der Waals surface area contributed by atoms with Gasteiger partial charge in [-0.2, -0.15) is 5.10 Å². The number of carbonyl (C=O) groups is 1.